The van der Waals surface area contributed by atoms with Crippen LogP contribution in [0.2, 0.25) is 5.02 Å². The van der Waals surface area contributed by atoms with E-state index in [2.05, 4.69) is 16.8 Å². The van der Waals surface area contributed by atoms with E-state index in [1.165, 1.54) is 12.8 Å². The fraction of sp³-hybridized carbons (Fsp3) is 0.643. The molecule has 1 aliphatic carbocycles. The molecular formula is C14H19ClN2O. The Morgan fingerprint density at radius 1 is 1.56 bits per heavy atom. The van der Waals surface area contributed by atoms with Crippen LogP contribution in [0, 0.1) is 0 Å². The van der Waals surface area contributed by atoms with Crippen molar-refractivity contribution in [2.24, 2.45) is 0 Å². The van der Waals surface area contributed by atoms with Gasteiger partial charge in [-0.05, 0) is 37.8 Å². The topological polar surface area (TPSA) is 36.4 Å². The predicted octanol–water partition coefficient (Wildman–Crippen LogP) is 2.27. The number of pyridine rings is 1. The maximum atomic E-state index is 10.8. The molecule has 98 valence electrons. The predicted molar refractivity (Wildman–Crippen MR) is 71.7 cm³/mol. The highest BCUT2D eigenvalue weighted by atomic mass is 35.5. The third-order valence-corrected chi connectivity index (χ3v) is 4.45. The number of halogens is 1. The van der Waals surface area contributed by atoms with Crippen molar-refractivity contribution >= 4 is 11.6 Å². The van der Waals surface area contributed by atoms with Crippen LogP contribution < -0.4 is 0 Å². The van der Waals surface area contributed by atoms with Crippen LogP contribution in [-0.4, -0.2) is 39.2 Å². The largest absolute Gasteiger partial charge is 0.388 e. The summed E-state index contributed by atoms with van der Waals surface area (Å²) >= 11 is 6.13. The number of aromatic nitrogens is 1. The number of β-amino-alcohol motifs (C(OH)–C–C–N with tert-alkyl or cyclic N) is 1. The second-order valence-electron chi connectivity index (χ2n) is 5.82. The average Bonchev–Trinajstić information content (AvgIpc) is 3.09. The van der Waals surface area contributed by atoms with Crippen molar-refractivity contribution in [2.45, 2.75) is 50.3 Å². The van der Waals surface area contributed by atoms with Gasteiger partial charge in [0.05, 0.1) is 10.6 Å². The fourth-order valence-electron chi connectivity index (χ4n) is 3.15. The lowest BCUT2D eigenvalue weighted by Crippen LogP contribution is -2.36. The molecule has 1 aliphatic heterocycles. The van der Waals surface area contributed by atoms with E-state index in [-0.39, 0.29) is 0 Å². The van der Waals surface area contributed by atoms with Crippen LogP contribution in [0.1, 0.15) is 31.7 Å². The highest BCUT2D eigenvalue weighted by Gasteiger charge is 2.46. The first kappa shape index (κ1) is 12.4. The summed E-state index contributed by atoms with van der Waals surface area (Å²) in [5.41, 5.74) is 0.367. The van der Waals surface area contributed by atoms with E-state index in [0.29, 0.717) is 23.5 Å². The Morgan fingerprint density at radius 2 is 2.33 bits per heavy atom. The molecule has 1 aromatic heterocycles. The average molecular weight is 267 g/mol. The van der Waals surface area contributed by atoms with Crippen LogP contribution in [0.4, 0.5) is 0 Å². The quantitative estimate of drug-likeness (QED) is 0.912. The van der Waals surface area contributed by atoms with E-state index in [1.807, 2.05) is 6.07 Å². The smallest absolute Gasteiger partial charge is 0.0829 e. The molecule has 1 saturated carbocycles. The van der Waals surface area contributed by atoms with Crippen LogP contribution >= 0.6 is 11.6 Å². The minimum atomic E-state index is -0.632. The first-order valence-electron chi connectivity index (χ1n) is 6.64. The molecule has 2 fully saturated rings. The molecule has 0 amide bonds. The van der Waals surface area contributed by atoms with Gasteiger partial charge >= 0.3 is 0 Å². The van der Waals surface area contributed by atoms with Gasteiger partial charge in [-0.1, -0.05) is 11.6 Å². The second kappa shape index (κ2) is 4.48. The molecule has 0 aromatic carbocycles. The van der Waals surface area contributed by atoms with Gasteiger partial charge in [0.15, 0.2) is 0 Å². The van der Waals surface area contributed by atoms with E-state index in [4.69, 9.17) is 11.6 Å². The van der Waals surface area contributed by atoms with Gasteiger partial charge in [-0.2, -0.15) is 0 Å². The summed E-state index contributed by atoms with van der Waals surface area (Å²) in [6, 6.07) is 3.09. The zero-order valence-corrected chi connectivity index (χ0v) is 11.4. The summed E-state index contributed by atoms with van der Waals surface area (Å²) in [5, 5.41) is 11.4. The lowest BCUT2D eigenvalue weighted by molar-refractivity contribution is 0.0487. The summed E-state index contributed by atoms with van der Waals surface area (Å²) in [6.07, 6.45) is 7.43. The lowest BCUT2D eigenvalue weighted by Gasteiger charge is -2.24. The first-order chi connectivity index (χ1) is 8.57. The molecule has 1 N–H and O–H groups in total. The van der Waals surface area contributed by atoms with Gasteiger partial charge in [-0.3, -0.25) is 9.88 Å². The van der Waals surface area contributed by atoms with E-state index in [9.17, 15) is 5.11 Å². The Bertz CT molecular complexity index is 449. The highest BCUT2D eigenvalue weighted by Crippen LogP contribution is 2.38. The summed E-state index contributed by atoms with van der Waals surface area (Å²) in [4.78, 5) is 6.44. The van der Waals surface area contributed by atoms with Crippen LogP contribution in [0.3, 0.4) is 0 Å². The van der Waals surface area contributed by atoms with Gasteiger partial charge in [0, 0.05) is 37.4 Å². The zero-order valence-electron chi connectivity index (χ0n) is 10.6. The van der Waals surface area contributed by atoms with Crippen molar-refractivity contribution in [1.29, 1.82) is 0 Å². The molecule has 2 heterocycles. The Morgan fingerprint density at radius 3 is 3.00 bits per heavy atom. The number of hydrogen-bond acceptors (Lipinski definition) is 3. The number of aliphatic hydroxyl groups is 1. The van der Waals surface area contributed by atoms with Gasteiger partial charge in [0.2, 0.25) is 0 Å². The van der Waals surface area contributed by atoms with Crippen LogP contribution in [0.15, 0.2) is 18.5 Å². The summed E-state index contributed by atoms with van der Waals surface area (Å²) < 4.78 is 0. The molecular weight excluding hydrogens is 248 g/mol. The fourth-order valence-corrected chi connectivity index (χ4v) is 3.34. The van der Waals surface area contributed by atoms with Crippen LogP contribution in [0.5, 0.6) is 0 Å². The van der Waals surface area contributed by atoms with Crippen molar-refractivity contribution < 1.29 is 5.11 Å². The van der Waals surface area contributed by atoms with E-state index >= 15 is 0 Å². The number of rotatable bonds is 3. The normalized spacial score (nSPS) is 32.9. The summed E-state index contributed by atoms with van der Waals surface area (Å²) in [7, 11) is 0. The summed E-state index contributed by atoms with van der Waals surface area (Å²) in [5.74, 6) is 0. The summed E-state index contributed by atoms with van der Waals surface area (Å²) in [6.45, 7) is 2.99. The number of hydrogen-bond donors (Lipinski definition) is 1. The maximum absolute atomic E-state index is 10.8. The van der Waals surface area contributed by atoms with Crippen LogP contribution in [-0.2, 0) is 6.42 Å². The van der Waals surface area contributed by atoms with Crippen molar-refractivity contribution in [1.82, 2.24) is 9.88 Å². The SMILES string of the molecule is CC1CC(O)(Cc2ccncc2Cl)CN1C1CC1. The maximum Gasteiger partial charge on any atom is 0.0829 e. The van der Waals surface area contributed by atoms with Crippen molar-refractivity contribution in [3.05, 3.63) is 29.0 Å². The third kappa shape index (κ3) is 2.40. The van der Waals surface area contributed by atoms with Gasteiger partial charge in [-0.25, -0.2) is 0 Å². The second-order valence-corrected chi connectivity index (χ2v) is 6.23. The standard InChI is InChI=1S/C14H19ClN2O/c1-10-6-14(18,9-17(10)12-2-3-12)7-11-4-5-16-8-13(11)15/h4-5,8,10,12,18H,2-3,6-7,9H2,1H3. The minimum Gasteiger partial charge on any atom is -0.388 e. The monoisotopic (exact) mass is 266 g/mol. The molecule has 2 aliphatic rings. The zero-order chi connectivity index (χ0) is 12.8. The Balaban J connectivity index is 1.74. The van der Waals surface area contributed by atoms with E-state index in [0.717, 1.165) is 18.5 Å². The van der Waals surface area contributed by atoms with Crippen molar-refractivity contribution in [3.8, 4) is 0 Å². The molecule has 2 unspecified atom stereocenters. The molecule has 4 heteroatoms. The molecule has 0 spiro atoms. The van der Waals surface area contributed by atoms with Gasteiger partial charge in [0.25, 0.3) is 0 Å². The highest BCUT2D eigenvalue weighted by molar-refractivity contribution is 6.31. The Labute approximate surface area is 113 Å². The Hall–Kier alpha value is -0.640. The molecule has 0 bridgehead atoms. The lowest BCUT2D eigenvalue weighted by atomic mass is 9.93. The van der Waals surface area contributed by atoms with Gasteiger partial charge in [-0.15, -0.1) is 0 Å². The molecule has 2 atom stereocenters. The van der Waals surface area contributed by atoms with E-state index in [1.54, 1.807) is 12.4 Å². The number of likely N-dealkylation sites (tertiary alicyclic amines) is 1. The Kier molecular flexibility index (Phi) is 3.08. The molecule has 0 radical (unpaired) electrons. The molecule has 18 heavy (non-hydrogen) atoms. The molecule has 1 saturated heterocycles. The first-order valence-corrected chi connectivity index (χ1v) is 7.02. The molecule has 3 nitrogen and oxygen atoms in total. The van der Waals surface area contributed by atoms with Crippen molar-refractivity contribution in [3.63, 3.8) is 0 Å². The van der Waals surface area contributed by atoms with Gasteiger partial charge < -0.3 is 5.11 Å². The molecule has 3 rings (SSSR count). The minimum absolute atomic E-state index is 0.475. The molecule has 1 aromatic rings. The van der Waals surface area contributed by atoms with Crippen molar-refractivity contribution in [2.75, 3.05) is 6.54 Å². The van der Waals surface area contributed by atoms with E-state index < -0.39 is 5.60 Å². The number of nitrogens with zero attached hydrogens (tertiary/aromatic N) is 2. The third-order valence-electron chi connectivity index (χ3n) is 4.11. The van der Waals surface area contributed by atoms with Gasteiger partial charge in [0.1, 0.15) is 0 Å². The van der Waals surface area contributed by atoms with Crippen LogP contribution in [0.25, 0.3) is 0 Å².